The van der Waals surface area contributed by atoms with Gasteiger partial charge in [-0.3, -0.25) is 9.59 Å². The summed E-state index contributed by atoms with van der Waals surface area (Å²) in [6.07, 6.45) is 2.23. The lowest BCUT2D eigenvalue weighted by Crippen LogP contribution is -2.28. The molecule has 3 aromatic rings. The van der Waals surface area contributed by atoms with Gasteiger partial charge in [0.15, 0.2) is 6.61 Å². The average Bonchev–Trinajstić information content (AvgIpc) is 3.52. The zero-order valence-electron chi connectivity index (χ0n) is 16.8. The number of hydrogen-bond acceptors (Lipinski definition) is 4. The Hall–Kier alpha value is -3.61. The van der Waals surface area contributed by atoms with E-state index < -0.39 is 0 Å². The molecule has 2 amide bonds. The third-order valence-electron chi connectivity index (χ3n) is 4.81. The van der Waals surface area contributed by atoms with Crippen LogP contribution in [0.4, 0.5) is 5.69 Å². The number of nitrogens with one attached hydrogen (secondary N) is 2. The van der Waals surface area contributed by atoms with Gasteiger partial charge in [-0.1, -0.05) is 18.2 Å². The third kappa shape index (κ3) is 4.68. The monoisotopic (exact) mass is 404 g/mol. The van der Waals surface area contributed by atoms with Crippen molar-refractivity contribution in [1.82, 2.24) is 15.1 Å². The Morgan fingerprint density at radius 1 is 1.10 bits per heavy atom. The van der Waals surface area contributed by atoms with Gasteiger partial charge in [-0.25, -0.2) is 4.68 Å². The molecular weight excluding hydrogens is 380 g/mol. The fourth-order valence-electron chi connectivity index (χ4n) is 3.13. The fraction of sp³-hybridized carbons (Fsp3) is 0.261. The molecule has 7 heteroatoms. The summed E-state index contributed by atoms with van der Waals surface area (Å²) >= 11 is 0. The first-order chi connectivity index (χ1) is 14.6. The summed E-state index contributed by atoms with van der Waals surface area (Å²) in [5, 5.41) is 10.3. The van der Waals surface area contributed by atoms with Gasteiger partial charge in [-0.05, 0) is 62.2 Å². The summed E-state index contributed by atoms with van der Waals surface area (Å²) in [7, 11) is 0. The third-order valence-corrected chi connectivity index (χ3v) is 4.81. The molecule has 0 unspecified atom stereocenters. The molecule has 0 spiro atoms. The molecule has 1 aliphatic rings. The van der Waals surface area contributed by atoms with Crippen molar-refractivity contribution in [3.8, 4) is 11.4 Å². The van der Waals surface area contributed by atoms with E-state index in [1.165, 1.54) is 0 Å². The molecule has 154 valence electrons. The van der Waals surface area contributed by atoms with Crippen LogP contribution in [0.1, 0.15) is 41.9 Å². The molecular formula is C23H24N4O3. The SMILES string of the molecule is CCNC(=O)COc1ccc(NC(=O)c2cc(C3CC3)nn2-c2ccccc2)cc1. The van der Waals surface area contributed by atoms with Crippen molar-refractivity contribution in [2.45, 2.75) is 25.7 Å². The molecule has 1 aliphatic carbocycles. The summed E-state index contributed by atoms with van der Waals surface area (Å²) in [5.41, 5.74) is 2.94. The predicted molar refractivity (Wildman–Crippen MR) is 114 cm³/mol. The zero-order chi connectivity index (χ0) is 20.9. The number of carbonyl (C=O) groups excluding carboxylic acids is 2. The molecule has 1 saturated carbocycles. The summed E-state index contributed by atoms with van der Waals surface area (Å²) in [4.78, 5) is 24.5. The Bertz CT molecular complexity index is 1020. The van der Waals surface area contributed by atoms with Gasteiger partial charge in [0.1, 0.15) is 11.4 Å². The molecule has 0 radical (unpaired) electrons. The number of para-hydroxylation sites is 1. The number of ether oxygens (including phenoxy) is 1. The van der Waals surface area contributed by atoms with Gasteiger partial charge in [0.2, 0.25) is 0 Å². The molecule has 4 rings (SSSR count). The van der Waals surface area contributed by atoms with Gasteiger partial charge in [0.05, 0.1) is 11.4 Å². The highest BCUT2D eigenvalue weighted by atomic mass is 16.5. The van der Waals surface area contributed by atoms with Gasteiger partial charge in [0, 0.05) is 18.2 Å². The number of amides is 2. The van der Waals surface area contributed by atoms with Gasteiger partial charge in [-0.15, -0.1) is 0 Å². The molecule has 0 saturated heterocycles. The second-order valence-corrected chi connectivity index (χ2v) is 7.20. The Morgan fingerprint density at radius 2 is 1.83 bits per heavy atom. The van der Waals surface area contributed by atoms with Crippen molar-refractivity contribution in [3.63, 3.8) is 0 Å². The van der Waals surface area contributed by atoms with Gasteiger partial charge < -0.3 is 15.4 Å². The number of hydrogen-bond donors (Lipinski definition) is 2. The first-order valence-electron chi connectivity index (χ1n) is 10.1. The topological polar surface area (TPSA) is 85.2 Å². The standard InChI is InChI=1S/C23H24N4O3/c1-2-24-22(28)15-30-19-12-10-17(11-13-19)25-23(29)21-14-20(16-8-9-16)26-27(21)18-6-4-3-5-7-18/h3-7,10-14,16H,2,8-9,15H2,1H3,(H,24,28)(H,25,29). The first kappa shape index (κ1) is 19.7. The highest BCUT2D eigenvalue weighted by Gasteiger charge is 2.29. The molecule has 1 fully saturated rings. The lowest BCUT2D eigenvalue weighted by molar-refractivity contribution is -0.122. The lowest BCUT2D eigenvalue weighted by Gasteiger charge is -2.10. The Balaban J connectivity index is 1.47. The fourth-order valence-corrected chi connectivity index (χ4v) is 3.13. The van der Waals surface area contributed by atoms with Crippen LogP contribution in [0.15, 0.2) is 60.7 Å². The lowest BCUT2D eigenvalue weighted by atomic mass is 10.2. The van der Waals surface area contributed by atoms with Crippen LogP contribution in [-0.4, -0.2) is 34.7 Å². The van der Waals surface area contributed by atoms with Gasteiger partial charge in [0.25, 0.3) is 11.8 Å². The molecule has 2 aromatic carbocycles. The van der Waals surface area contributed by atoms with E-state index in [0.717, 1.165) is 24.2 Å². The Morgan fingerprint density at radius 3 is 2.50 bits per heavy atom. The molecule has 0 aliphatic heterocycles. The van der Waals surface area contributed by atoms with Crippen LogP contribution in [0, 0.1) is 0 Å². The second kappa shape index (κ2) is 8.82. The smallest absolute Gasteiger partial charge is 0.274 e. The van der Waals surface area contributed by atoms with Gasteiger partial charge in [-0.2, -0.15) is 5.10 Å². The van der Waals surface area contributed by atoms with Crippen molar-refractivity contribution < 1.29 is 14.3 Å². The largest absolute Gasteiger partial charge is 0.484 e. The highest BCUT2D eigenvalue weighted by Crippen LogP contribution is 2.39. The van der Waals surface area contributed by atoms with Crippen LogP contribution >= 0.6 is 0 Å². The van der Waals surface area contributed by atoms with E-state index in [2.05, 4.69) is 15.7 Å². The number of likely N-dealkylation sites (N-methyl/N-ethyl adjacent to an activating group) is 1. The van der Waals surface area contributed by atoms with Crippen molar-refractivity contribution in [3.05, 3.63) is 72.1 Å². The van der Waals surface area contributed by atoms with E-state index in [0.29, 0.717) is 29.6 Å². The first-order valence-corrected chi connectivity index (χ1v) is 10.1. The Labute approximate surface area is 175 Å². The number of benzene rings is 2. The minimum atomic E-state index is -0.228. The number of aromatic nitrogens is 2. The van der Waals surface area contributed by atoms with Crippen LogP contribution in [0.2, 0.25) is 0 Å². The summed E-state index contributed by atoms with van der Waals surface area (Å²) < 4.78 is 7.14. The zero-order valence-corrected chi connectivity index (χ0v) is 16.8. The maximum absolute atomic E-state index is 13.0. The van der Waals surface area contributed by atoms with Crippen molar-refractivity contribution >= 4 is 17.5 Å². The summed E-state index contributed by atoms with van der Waals surface area (Å²) in [6.45, 7) is 2.38. The van der Waals surface area contributed by atoms with Crippen molar-refractivity contribution in [2.24, 2.45) is 0 Å². The molecule has 0 atom stereocenters. The van der Waals surface area contributed by atoms with Crippen LogP contribution in [0.3, 0.4) is 0 Å². The summed E-state index contributed by atoms with van der Waals surface area (Å²) in [5.74, 6) is 0.609. The van der Waals surface area contributed by atoms with E-state index in [4.69, 9.17) is 4.74 Å². The van der Waals surface area contributed by atoms with Crippen LogP contribution < -0.4 is 15.4 Å². The number of carbonyl (C=O) groups is 2. The second-order valence-electron chi connectivity index (χ2n) is 7.20. The maximum Gasteiger partial charge on any atom is 0.274 e. The molecule has 7 nitrogen and oxygen atoms in total. The van der Waals surface area contributed by atoms with E-state index in [9.17, 15) is 9.59 Å². The summed E-state index contributed by atoms with van der Waals surface area (Å²) in [6, 6.07) is 18.5. The van der Waals surface area contributed by atoms with Crippen molar-refractivity contribution in [2.75, 3.05) is 18.5 Å². The van der Waals surface area contributed by atoms with Crippen LogP contribution in [0.5, 0.6) is 5.75 Å². The predicted octanol–water partition coefficient (Wildman–Crippen LogP) is 3.52. The van der Waals surface area contributed by atoms with E-state index in [1.807, 2.05) is 43.3 Å². The molecule has 1 aromatic heterocycles. The quantitative estimate of drug-likeness (QED) is 0.602. The van der Waals surface area contributed by atoms with Crippen molar-refractivity contribution in [1.29, 1.82) is 0 Å². The molecule has 30 heavy (non-hydrogen) atoms. The van der Waals surface area contributed by atoms with E-state index in [-0.39, 0.29) is 18.4 Å². The van der Waals surface area contributed by atoms with Crippen LogP contribution in [-0.2, 0) is 4.79 Å². The highest BCUT2D eigenvalue weighted by molar-refractivity contribution is 6.03. The maximum atomic E-state index is 13.0. The van der Waals surface area contributed by atoms with E-state index in [1.54, 1.807) is 28.9 Å². The van der Waals surface area contributed by atoms with E-state index >= 15 is 0 Å². The number of anilines is 1. The minimum absolute atomic E-state index is 0.0419. The molecule has 0 bridgehead atoms. The average molecular weight is 404 g/mol. The minimum Gasteiger partial charge on any atom is -0.484 e. The number of nitrogens with zero attached hydrogens (tertiary/aromatic N) is 2. The molecule has 1 heterocycles. The normalized spacial score (nSPS) is 13.0. The van der Waals surface area contributed by atoms with Gasteiger partial charge >= 0.3 is 0 Å². The van der Waals surface area contributed by atoms with Crippen LogP contribution in [0.25, 0.3) is 5.69 Å². The molecule has 2 N–H and O–H groups in total. The Kier molecular flexibility index (Phi) is 5.79. The number of rotatable bonds is 8.